The summed E-state index contributed by atoms with van der Waals surface area (Å²) in [6, 6.07) is 11.6. The van der Waals surface area contributed by atoms with Gasteiger partial charge in [-0.05, 0) is 43.3 Å². The van der Waals surface area contributed by atoms with Gasteiger partial charge in [0.15, 0.2) is 11.5 Å². The minimum atomic E-state index is 0.501. The molecule has 0 N–H and O–H groups in total. The molecule has 0 saturated carbocycles. The van der Waals surface area contributed by atoms with Crippen LogP contribution < -0.4 is 23.7 Å². The van der Waals surface area contributed by atoms with Gasteiger partial charge in [-0.2, -0.15) is 5.10 Å². The molecule has 1 heterocycles. The van der Waals surface area contributed by atoms with Crippen LogP contribution in [0.4, 0.5) is 0 Å². The smallest absolute Gasteiger partial charge is 0.206 e. The molecule has 0 amide bonds. The topological polar surface area (TPSA) is 66.6 Å². The summed E-state index contributed by atoms with van der Waals surface area (Å²) in [5.74, 6) is 2.47. The fraction of sp³-hybridized carbons (Fsp3) is 0.250. The van der Waals surface area contributed by atoms with Crippen LogP contribution in [0.1, 0.15) is 12.5 Å². The molecule has 8 heteroatoms. The first-order valence-electron chi connectivity index (χ1n) is 9.88. The average Bonchev–Trinajstić information content (AvgIpc) is 3.23. The van der Waals surface area contributed by atoms with Crippen molar-refractivity contribution < 1.29 is 18.9 Å². The third-order valence-electron chi connectivity index (χ3n) is 4.76. The SMILES string of the molecule is C=CCN=c1scc(-c2ccc(OC)cc2)n1N=C(C)c1cc(OC)c(OC)c(OC)c1. The molecule has 3 rings (SSSR count). The van der Waals surface area contributed by atoms with E-state index in [4.69, 9.17) is 24.0 Å². The second kappa shape index (κ2) is 10.7. The lowest BCUT2D eigenvalue weighted by molar-refractivity contribution is 0.324. The van der Waals surface area contributed by atoms with Gasteiger partial charge in [0, 0.05) is 16.5 Å². The zero-order chi connectivity index (χ0) is 23.1. The molecule has 2 aromatic carbocycles. The maximum absolute atomic E-state index is 5.49. The van der Waals surface area contributed by atoms with Crippen molar-refractivity contribution in [3.05, 3.63) is 64.8 Å². The molecule has 0 atom stereocenters. The number of ether oxygens (including phenoxy) is 4. The fourth-order valence-electron chi connectivity index (χ4n) is 3.10. The number of nitrogens with zero attached hydrogens (tertiary/aromatic N) is 3. The van der Waals surface area contributed by atoms with Crippen LogP contribution in [0.3, 0.4) is 0 Å². The minimum absolute atomic E-state index is 0.501. The standard InChI is InChI=1S/C24H27N3O4S/c1-7-12-25-24-27(20(15-32-24)17-8-10-19(28-3)11-9-17)26-16(2)18-13-21(29-4)23(31-6)22(14-18)30-5/h7-11,13-15H,1,12H2,2-6H3. The van der Waals surface area contributed by atoms with Crippen molar-refractivity contribution in [2.45, 2.75) is 6.92 Å². The van der Waals surface area contributed by atoms with Crippen molar-refractivity contribution in [1.29, 1.82) is 0 Å². The van der Waals surface area contributed by atoms with Crippen LogP contribution in [0.25, 0.3) is 11.3 Å². The Balaban J connectivity index is 2.15. The second-order valence-corrected chi connectivity index (χ2v) is 7.51. The molecule has 0 radical (unpaired) electrons. The van der Waals surface area contributed by atoms with Gasteiger partial charge in [0.2, 0.25) is 10.6 Å². The fourth-order valence-corrected chi connectivity index (χ4v) is 3.95. The van der Waals surface area contributed by atoms with Crippen molar-refractivity contribution in [3.8, 4) is 34.3 Å². The summed E-state index contributed by atoms with van der Waals surface area (Å²) in [5.41, 5.74) is 3.53. The molecule has 0 aliphatic heterocycles. The van der Waals surface area contributed by atoms with Gasteiger partial charge in [0.1, 0.15) is 5.75 Å². The number of hydrogen-bond donors (Lipinski definition) is 0. The highest BCUT2D eigenvalue weighted by Gasteiger charge is 2.15. The Morgan fingerprint density at radius 2 is 1.66 bits per heavy atom. The molecule has 32 heavy (non-hydrogen) atoms. The van der Waals surface area contributed by atoms with Crippen LogP contribution in [-0.4, -0.2) is 45.4 Å². The van der Waals surface area contributed by atoms with Crippen molar-refractivity contribution in [2.24, 2.45) is 10.1 Å². The first-order valence-corrected chi connectivity index (χ1v) is 10.8. The van der Waals surface area contributed by atoms with Crippen LogP contribution in [0.5, 0.6) is 23.0 Å². The Labute approximate surface area is 191 Å². The Morgan fingerprint density at radius 1 is 1.00 bits per heavy atom. The van der Waals surface area contributed by atoms with Gasteiger partial charge < -0.3 is 18.9 Å². The molecular weight excluding hydrogens is 426 g/mol. The van der Waals surface area contributed by atoms with Crippen molar-refractivity contribution in [1.82, 2.24) is 4.68 Å². The van der Waals surface area contributed by atoms with Crippen LogP contribution in [-0.2, 0) is 0 Å². The second-order valence-electron chi connectivity index (χ2n) is 6.67. The third kappa shape index (κ3) is 4.86. The minimum Gasteiger partial charge on any atom is -0.497 e. The number of rotatable bonds is 9. The number of aromatic nitrogens is 1. The van der Waals surface area contributed by atoms with E-state index in [0.29, 0.717) is 23.8 Å². The predicted octanol–water partition coefficient (Wildman–Crippen LogP) is 4.61. The van der Waals surface area contributed by atoms with Crippen LogP contribution in [0.15, 0.2) is 64.5 Å². The van der Waals surface area contributed by atoms with E-state index in [0.717, 1.165) is 33.1 Å². The monoisotopic (exact) mass is 453 g/mol. The molecule has 0 aliphatic carbocycles. The number of benzene rings is 2. The summed E-state index contributed by atoms with van der Waals surface area (Å²) in [4.78, 5) is 5.37. The Morgan fingerprint density at radius 3 is 2.19 bits per heavy atom. The van der Waals surface area contributed by atoms with E-state index < -0.39 is 0 Å². The first kappa shape index (κ1) is 23.1. The predicted molar refractivity (Wildman–Crippen MR) is 129 cm³/mol. The highest BCUT2D eigenvalue weighted by molar-refractivity contribution is 7.07. The number of thiazole rings is 1. The third-order valence-corrected chi connectivity index (χ3v) is 5.61. The molecule has 0 saturated heterocycles. The largest absolute Gasteiger partial charge is 0.497 e. The first-order chi connectivity index (χ1) is 15.6. The summed E-state index contributed by atoms with van der Waals surface area (Å²) in [7, 11) is 6.41. The van der Waals surface area contributed by atoms with Crippen molar-refractivity contribution in [2.75, 3.05) is 35.0 Å². The summed E-state index contributed by atoms with van der Waals surface area (Å²) >= 11 is 1.52. The highest BCUT2D eigenvalue weighted by atomic mass is 32.1. The molecule has 0 fully saturated rings. The van der Waals surface area contributed by atoms with E-state index in [9.17, 15) is 0 Å². The lowest BCUT2D eigenvalue weighted by Crippen LogP contribution is -2.14. The Hall–Kier alpha value is -3.52. The number of methoxy groups -OCH3 is 4. The van der Waals surface area contributed by atoms with Gasteiger partial charge in [-0.25, -0.2) is 4.68 Å². The summed E-state index contributed by atoms with van der Waals surface area (Å²) in [6.07, 6.45) is 1.76. The van der Waals surface area contributed by atoms with Gasteiger partial charge >= 0.3 is 0 Å². The Bertz CT molecular complexity index is 1150. The van der Waals surface area contributed by atoms with Gasteiger partial charge in [-0.15, -0.1) is 17.9 Å². The average molecular weight is 454 g/mol. The van der Waals surface area contributed by atoms with Gasteiger partial charge in [-0.3, -0.25) is 4.99 Å². The molecule has 7 nitrogen and oxygen atoms in total. The van der Waals surface area contributed by atoms with Gasteiger partial charge in [0.05, 0.1) is 46.4 Å². The summed E-state index contributed by atoms with van der Waals surface area (Å²) < 4.78 is 23.5. The number of hydrogen-bond acceptors (Lipinski definition) is 7. The lowest BCUT2D eigenvalue weighted by Gasteiger charge is -2.14. The van der Waals surface area contributed by atoms with Gasteiger partial charge in [-0.1, -0.05) is 6.08 Å². The van der Waals surface area contributed by atoms with E-state index in [1.54, 1.807) is 34.5 Å². The van der Waals surface area contributed by atoms with E-state index in [1.165, 1.54) is 11.3 Å². The summed E-state index contributed by atoms with van der Waals surface area (Å²) in [6.45, 7) is 6.20. The van der Waals surface area contributed by atoms with E-state index >= 15 is 0 Å². The molecule has 168 valence electrons. The van der Waals surface area contributed by atoms with Crippen LogP contribution in [0.2, 0.25) is 0 Å². The normalized spacial score (nSPS) is 11.9. The van der Waals surface area contributed by atoms with Crippen molar-refractivity contribution >= 4 is 17.0 Å². The lowest BCUT2D eigenvalue weighted by atomic mass is 10.1. The highest BCUT2D eigenvalue weighted by Crippen LogP contribution is 2.38. The zero-order valence-electron chi connectivity index (χ0n) is 18.9. The van der Waals surface area contributed by atoms with E-state index in [1.807, 2.05) is 53.4 Å². The molecule has 0 unspecified atom stereocenters. The zero-order valence-corrected chi connectivity index (χ0v) is 19.7. The van der Waals surface area contributed by atoms with Gasteiger partial charge in [0.25, 0.3) is 0 Å². The van der Waals surface area contributed by atoms with E-state index in [-0.39, 0.29) is 0 Å². The molecule has 0 aliphatic rings. The van der Waals surface area contributed by atoms with Crippen molar-refractivity contribution in [3.63, 3.8) is 0 Å². The molecule has 1 aromatic heterocycles. The summed E-state index contributed by atoms with van der Waals surface area (Å²) in [5, 5.41) is 6.94. The van der Waals surface area contributed by atoms with Crippen LogP contribution >= 0.6 is 11.3 Å². The molecule has 3 aromatic rings. The quantitative estimate of drug-likeness (QED) is 0.351. The van der Waals surface area contributed by atoms with Crippen LogP contribution in [0, 0.1) is 0 Å². The maximum Gasteiger partial charge on any atom is 0.206 e. The maximum atomic E-state index is 5.49. The molecule has 0 bridgehead atoms. The molecule has 0 spiro atoms. The molecular formula is C24H27N3O4S. The Kier molecular flexibility index (Phi) is 7.72. The van der Waals surface area contributed by atoms with E-state index in [2.05, 4.69) is 11.6 Å².